The third-order valence-corrected chi connectivity index (χ3v) is 3.96. The highest BCUT2D eigenvalue weighted by atomic mass is 16.2. The molecular weight excluding hydrogens is 298 g/mol. The fraction of sp³-hybridized carbons (Fsp3) is 0.333. The van der Waals surface area contributed by atoms with Crippen molar-refractivity contribution >= 4 is 5.91 Å². The lowest BCUT2D eigenvalue weighted by Gasteiger charge is -2.21. The van der Waals surface area contributed by atoms with Crippen LogP contribution >= 0.6 is 0 Å². The van der Waals surface area contributed by atoms with E-state index in [1.54, 1.807) is 0 Å². The van der Waals surface area contributed by atoms with E-state index < -0.39 is 17.2 Å². The molecule has 0 aliphatic carbocycles. The van der Waals surface area contributed by atoms with Crippen molar-refractivity contribution in [3.05, 3.63) is 61.2 Å². The van der Waals surface area contributed by atoms with Gasteiger partial charge in [-0.2, -0.15) is 0 Å². The molecule has 120 valence electrons. The van der Waals surface area contributed by atoms with Crippen molar-refractivity contribution in [2.45, 2.75) is 26.4 Å². The molecule has 8 heteroatoms. The number of nitrogens with zero attached hydrogens (tertiary/aromatic N) is 1. The molecule has 0 atom stereocenters. The van der Waals surface area contributed by atoms with E-state index in [9.17, 15) is 14.4 Å². The van der Waals surface area contributed by atoms with Crippen molar-refractivity contribution in [3.8, 4) is 0 Å². The Kier molecular flexibility index (Phi) is 4.07. The average Bonchev–Trinajstić information content (AvgIpc) is 2.53. The van der Waals surface area contributed by atoms with Gasteiger partial charge in [0.2, 0.25) is 0 Å². The second kappa shape index (κ2) is 6.17. The number of carbonyl (C=O) groups excluding carboxylic acids is 1. The number of fused-ring (bicyclic) bond motifs is 1. The summed E-state index contributed by atoms with van der Waals surface area (Å²) >= 11 is 0. The average molecular weight is 315 g/mol. The third-order valence-electron chi connectivity index (χ3n) is 3.96. The lowest BCUT2D eigenvalue weighted by Crippen LogP contribution is -2.34. The van der Waals surface area contributed by atoms with E-state index in [2.05, 4.69) is 20.6 Å². The molecular formula is C15H17N5O3. The molecule has 2 aromatic heterocycles. The lowest BCUT2D eigenvalue weighted by molar-refractivity contribution is 0.0948. The van der Waals surface area contributed by atoms with Crippen LogP contribution in [0.1, 0.15) is 32.7 Å². The Hall–Kier alpha value is -2.74. The van der Waals surface area contributed by atoms with Gasteiger partial charge >= 0.3 is 5.69 Å². The first-order valence-electron chi connectivity index (χ1n) is 7.33. The maximum Gasteiger partial charge on any atom is 0.325 e. The van der Waals surface area contributed by atoms with Gasteiger partial charge in [0.1, 0.15) is 5.56 Å². The number of carbonyl (C=O) groups is 1. The van der Waals surface area contributed by atoms with Crippen LogP contribution in [0.4, 0.5) is 0 Å². The molecule has 2 aromatic rings. The zero-order chi connectivity index (χ0) is 16.4. The quantitative estimate of drug-likeness (QED) is 0.599. The van der Waals surface area contributed by atoms with Crippen molar-refractivity contribution in [3.63, 3.8) is 0 Å². The summed E-state index contributed by atoms with van der Waals surface area (Å²) in [6.45, 7) is 3.84. The van der Waals surface area contributed by atoms with Gasteiger partial charge < -0.3 is 15.6 Å². The number of aromatic nitrogens is 3. The predicted octanol–water partition coefficient (Wildman–Crippen LogP) is -0.658. The molecule has 1 aliphatic rings. The summed E-state index contributed by atoms with van der Waals surface area (Å²) in [5, 5.41) is 6.01. The molecule has 3 rings (SSSR count). The number of nitrogens with one attached hydrogen (secondary N) is 4. The van der Waals surface area contributed by atoms with Gasteiger partial charge in [0.15, 0.2) is 0 Å². The minimum absolute atomic E-state index is 0.123. The zero-order valence-corrected chi connectivity index (χ0v) is 12.7. The molecule has 0 spiro atoms. The Bertz CT molecular complexity index is 868. The molecule has 8 nitrogen and oxygen atoms in total. The number of hydrogen-bond donors (Lipinski definition) is 4. The van der Waals surface area contributed by atoms with Crippen LogP contribution in [0.15, 0.2) is 22.0 Å². The van der Waals surface area contributed by atoms with Crippen molar-refractivity contribution < 1.29 is 4.79 Å². The Balaban J connectivity index is 1.82. The highest BCUT2D eigenvalue weighted by Crippen LogP contribution is 2.20. The number of rotatable bonds is 3. The van der Waals surface area contributed by atoms with Crippen LogP contribution in [0.25, 0.3) is 0 Å². The number of amides is 1. The van der Waals surface area contributed by atoms with Gasteiger partial charge in [0.25, 0.3) is 11.5 Å². The number of aryl methyl sites for hydroxylation is 1. The number of pyridine rings is 1. The van der Waals surface area contributed by atoms with Gasteiger partial charge in [0, 0.05) is 31.2 Å². The monoisotopic (exact) mass is 315 g/mol. The van der Waals surface area contributed by atoms with Crippen LogP contribution in [0, 0.1) is 6.92 Å². The van der Waals surface area contributed by atoms with Crippen LogP contribution in [-0.4, -0.2) is 27.4 Å². The molecule has 23 heavy (non-hydrogen) atoms. The van der Waals surface area contributed by atoms with Crippen LogP contribution < -0.4 is 21.9 Å². The molecule has 0 saturated heterocycles. The topological polar surface area (TPSA) is 120 Å². The molecule has 0 aromatic carbocycles. The largest absolute Gasteiger partial charge is 0.348 e. The van der Waals surface area contributed by atoms with Gasteiger partial charge in [-0.15, -0.1) is 0 Å². The fourth-order valence-electron chi connectivity index (χ4n) is 2.72. The van der Waals surface area contributed by atoms with Gasteiger partial charge in [-0.1, -0.05) is 0 Å². The molecule has 0 saturated carbocycles. The minimum Gasteiger partial charge on any atom is -0.348 e. The van der Waals surface area contributed by atoms with Gasteiger partial charge in [-0.05, 0) is 36.6 Å². The van der Waals surface area contributed by atoms with Gasteiger partial charge in [0.05, 0.1) is 0 Å². The predicted molar refractivity (Wildman–Crippen MR) is 83.2 cm³/mol. The van der Waals surface area contributed by atoms with Crippen molar-refractivity contribution in [2.75, 3.05) is 6.54 Å². The summed E-state index contributed by atoms with van der Waals surface area (Å²) in [6.07, 6.45) is 3.85. The number of H-pyrrole nitrogens is 2. The van der Waals surface area contributed by atoms with E-state index in [1.165, 1.54) is 5.56 Å². The molecule has 1 aliphatic heterocycles. The van der Waals surface area contributed by atoms with Crippen molar-refractivity contribution in [2.24, 2.45) is 0 Å². The van der Waals surface area contributed by atoms with Crippen molar-refractivity contribution in [1.82, 2.24) is 25.6 Å². The van der Waals surface area contributed by atoms with Crippen molar-refractivity contribution in [1.29, 1.82) is 0 Å². The zero-order valence-electron chi connectivity index (χ0n) is 12.7. The molecule has 1 amide bonds. The lowest BCUT2D eigenvalue weighted by atomic mass is 9.96. The molecule has 0 fully saturated rings. The number of hydrogen-bond acceptors (Lipinski definition) is 5. The maximum absolute atomic E-state index is 12.1. The fourth-order valence-corrected chi connectivity index (χ4v) is 2.72. The maximum atomic E-state index is 12.1. The second-order valence-corrected chi connectivity index (χ2v) is 5.42. The SMILES string of the molecule is Cc1ncc2c(c1CNC(=O)c1c[nH]c(=O)[nH]c1=O)CCNC2. The van der Waals surface area contributed by atoms with Gasteiger partial charge in [-0.25, -0.2) is 4.79 Å². The number of aromatic amines is 2. The minimum atomic E-state index is -0.708. The van der Waals surface area contributed by atoms with Crippen LogP contribution in [0.2, 0.25) is 0 Å². The third kappa shape index (κ3) is 3.07. The summed E-state index contributed by atoms with van der Waals surface area (Å²) in [5.41, 5.74) is 2.71. The Morgan fingerprint density at radius 1 is 1.39 bits per heavy atom. The summed E-state index contributed by atoms with van der Waals surface area (Å²) in [4.78, 5) is 43.5. The Labute approximate surface area is 131 Å². The first-order chi connectivity index (χ1) is 11.1. The summed E-state index contributed by atoms with van der Waals surface area (Å²) < 4.78 is 0. The first kappa shape index (κ1) is 15.2. The second-order valence-electron chi connectivity index (χ2n) is 5.42. The molecule has 3 heterocycles. The molecule has 4 N–H and O–H groups in total. The Morgan fingerprint density at radius 2 is 2.22 bits per heavy atom. The van der Waals surface area contributed by atoms with E-state index in [0.29, 0.717) is 6.54 Å². The highest BCUT2D eigenvalue weighted by Gasteiger charge is 2.17. The van der Waals surface area contributed by atoms with E-state index in [4.69, 9.17) is 0 Å². The Morgan fingerprint density at radius 3 is 3.00 bits per heavy atom. The van der Waals surface area contributed by atoms with E-state index >= 15 is 0 Å². The summed E-state index contributed by atoms with van der Waals surface area (Å²) in [7, 11) is 0. The van der Waals surface area contributed by atoms with E-state index in [1.807, 2.05) is 18.1 Å². The summed E-state index contributed by atoms with van der Waals surface area (Å²) in [5.74, 6) is -0.534. The smallest absolute Gasteiger partial charge is 0.325 e. The van der Waals surface area contributed by atoms with Gasteiger partial charge in [-0.3, -0.25) is 19.6 Å². The van der Waals surface area contributed by atoms with Crippen LogP contribution in [0.3, 0.4) is 0 Å². The normalized spacial score (nSPS) is 13.4. The summed E-state index contributed by atoms with van der Waals surface area (Å²) in [6, 6.07) is 0. The first-order valence-corrected chi connectivity index (χ1v) is 7.33. The van der Waals surface area contributed by atoms with Crippen LogP contribution in [-0.2, 0) is 19.5 Å². The molecule has 0 unspecified atom stereocenters. The molecule has 0 bridgehead atoms. The van der Waals surface area contributed by atoms with E-state index in [-0.39, 0.29) is 5.56 Å². The van der Waals surface area contributed by atoms with Crippen LogP contribution in [0.5, 0.6) is 0 Å². The van der Waals surface area contributed by atoms with E-state index in [0.717, 1.165) is 42.5 Å². The molecule has 0 radical (unpaired) electrons. The standard InChI is InChI=1S/C15H17N5O3/c1-8-11(10-2-3-16-4-9(10)5-17-8)6-18-13(21)12-7-19-15(23)20-14(12)22/h5,7,16H,2-4,6H2,1H3,(H,18,21)(H2,19,20,22,23). The highest BCUT2D eigenvalue weighted by molar-refractivity contribution is 5.93.